The van der Waals surface area contributed by atoms with Crippen LogP contribution in [0.4, 0.5) is 0 Å². The second kappa shape index (κ2) is 30.7. The number of aliphatic hydroxyl groups is 4. The van der Waals surface area contributed by atoms with E-state index in [-0.39, 0.29) is 0 Å². The smallest absolute Gasteiger partial charge is 0.249 e. The second-order valence-electron chi connectivity index (χ2n) is 11.5. The number of nitrogens with one attached hydrogen (secondary N) is 1. The molecule has 0 bridgehead atoms. The number of amides is 1. The van der Waals surface area contributed by atoms with Gasteiger partial charge in [0.05, 0.1) is 18.8 Å². The Morgan fingerprint density at radius 3 is 1.74 bits per heavy atom. The minimum absolute atomic E-state index is 0.345. The van der Waals surface area contributed by atoms with Gasteiger partial charge in [-0.25, -0.2) is 0 Å². The van der Waals surface area contributed by atoms with Gasteiger partial charge in [0.2, 0.25) is 5.91 Å². The number of carbonyl (C=O) groups is 1. The lowest BCUT2D eigenvalue weighted by Gasteiger charge is -2.27. The first-order chi connectivity index (χ1) is 20.5. The predicted molar refractivity (Wildman–Crippen MR) is 177 cm³/mol. The van der Waals surface area contributed by atoms with Crippen LogP contribution in [0.15, 0.2) is 48.6 Å². The molecule has 0 saturated carbocycles. The Bertz CT molecular complexity index is 718. The summed E-state index contributed by atoms with van der Waals surface area (Å²) in [5.41, 5.74) is 0. The van der Waals surface area contributed by atoms with Crippen molar-refractivity contribution < 1.29 is 25.2 Å². The van der Waals surface area contributed by atoms with Crippen molar-refractivity contribution in [3.63, 3.8) is 0 Å². The van der Waals surface area contributed by atoms with Crippen molar-refractivity contribution in [2.75, 3.05) is 6.61 Å². The summed E-state index contributed by atoms with van der Waals surface area (Å²) in [6.45, 7) is 3.88. The maximum Gasteiger partial charge on any atom is 0.249 e. The molecule has 6 heteroatoms. The highest BCUT2D eigenvalue weighted by molar-refractivity contribution is 5.80. The SMILES string of the molecule is CCC/C=C/CC/C=C/CCCC(O)C(O)C(CO)NC(=O)C(O)CCCCCCCC/C=C\C/C=C\CCCCC. The van der Waals surface area contributed by atoms with Crippen molar-refractivity contribution in [1.29, 1.82) is 0 Å². The van der Waals surface area contributed by atoms with Crippen molar-refractivity contribution in [2.24, 2.45) is 0 Å². The molecule has 0 fully saturated rings. The minimum Gasteiger partial charge on any atom is -0.394 e. The van der Waals surface area contributed by atoms with Crippen LogP contribution >= 0.6 is 0 Å². The molecule has 42 heavy (non-hydrogen) atoms. The van der Waals surface area contributed by atoms with E-state index in [0.29, 0.717) is 19.3 Å². The fourth-order valence-electron chi connectivity index (χ4n) is 4.69. The monoisotopic (exact) mass is 591 g/mol. The van der Waals surface area contributed by atoms with E-state index in [1.165, 1.54) is 44.9 Å². The van der Waals surface area contributed by atoms with E-state index in [2.05, 4.69) is 67.8 Å². The van der Waals surface area contributed by atoms with Crippen molar-refractivity contribution in [2.45, 2.75) is 167 Å². The Kier molecular flexibility index (Phi) is 29.5. The van der Waals surface area contributed by atoms with Gasteiger partial charge < -0.3 is 25.7 Å². The number of allylic oxidation sites excluding steroid dienone is 8. The summed E-state index contributed by atoms with van der Waals surface area (Å²) >= 11 is 0. The number of aliphatic hydroxyl groups excluding tert-OH is 4. The Morgan fingerprint density at radius 1 is 0.595 bits per heavy atom. The lowest BCUT2D eigenvalue weighted by atomic mass is 10.00. The Balaban J connectivity index is 3.93. The highest BCUT2D eigenvalue weighted by Gasteiger charge is 2.28. The topological polar surface area (TPSA) is 110 Å². The maximum atomic E-state index is 12.4. The first-order valence-corrected chi connectivity index (χ1v) is 17.0. The largest absolute Gasteiger partial charge is 0.394 e. The zero-order valence-corrected chi connectivity index (χ0v) is 27.0. The summed E-state index contributed by atoms with van der Waals surface area (Å²) in [6, 6.07) is -1.01. The summed E-state index contributed by atoms with van der Waals surface area (Å²) in [4.78, 5) is 12.4. The van der Waals surface area contributed by atoms with Crippen LogP contribution in [0, 0.1) is 0 Å². The van der Waals surface area contributed by atoms with Gasteiger partial charge in [-0.3, -0.25) is 4.79 Å². The Hall–Kier alpha value is -1.73. The molecule has 4 unspecified atom stereocenters. The van der Waals surface area contributed by atoms with Gasteiger partial charge in [0, 0.05) is 0 Å². The number of carbonyl (C=O) groups excluding carboxylic acids is 1. The maximum absolute atomic E-state index is 12.4. The summed E-state index contributed by atoms with van der Waals surface area (Å²) in [7, 11) is 0. The number of hydrogen-bond acceptors (Lipinski definition) is 5. The lowest BCUT2D eigenvalue weighted by Crippen LogP contribution is -2.53. The molecule has 0 aliphatic rings. The molecule has 0 aromatic heterocycles. The third-order valence-corrected chi connectivity index (χ3v) is 7.47. The van der Waals surface area contributed by atoms with Crippen molar-refractivity contribution in [3.05, 3.63) is 48.6 Å². The van der Waals surface area contributed by atoms with E-state index in [4.69, 9.17) is 0 Å². The molecule has 244 valence electrons. The van der Waals surface area contributed by atoms with E-state index >= 15 is 0 Å². The van der Waals surface area contributed by atoms with Crippen LogP contribution in [0.3, 0.4) is 0 Å². The molecule has 4 atom stereocenters. The van der Waals surface area contributed by atoms with Crippen LogP contribution in [0.5, 0.6) is 0 Å². The summed E-state index contributed by atoms with van der Waals surface area (Å²) in [6.07, 6.45) is 34.2. The zero-order valence-electron chi connectivity index (χ0n) is 27.0. The van der Waals surface area contributed by atoms with Gasteiger partial charge in [-0.15, -0.1) is 0 Å². The molecule has 5 N–H and O–H groups in total. The molecule has 0 aliphatic carbocycles. The van der Waals surface area contributed by atoms with Gasteiger partial charge in [0.25, 0.3) is 0 Å². The standard InChI is InChI=1S/C36H65NO5/c1-3-5-7-9-11-13-15-16-17-18-19-20-22-24-26-28-30-34(40)36(42)37-32(31-38)35(41)33(39)29-27-25-23-21-14-12-10-8-6-4-2/h8,10-11,13,16-17,21,23,32-35,38-41H,3-7,9,12,14-15,18-20,22,24-31H2,1-2H3,(H,37,42)/b10-8+,13-11-,17-16-,23-21+. The van der Waals surface area contributed by atoms with Crippen LogP contribution in [0.1, 0.15) is 142 Å². The summed E-state index contributed by atoms with van der Waals surface area (Å²) in [5.74, 6) is -0.612. The van der Waals surface area contributed by atoms with Crippen molar-refractivity contribution in [3.8, 4) is 0 Å². The van der Waals surface area contributed by atoms with Crippen LogP contribution in [-0.4, -0.2) is 57.3 Å². The predicted octanol–water partition coefficient (Wildman–Crippen LogP) is 7.61. The molecule has 1 amide bonds. The Morgan fingerprint density at radius 2 is 1.12 bits per heavy atom. The highest BCUT2D eigenvalue weighted by Crippen LogP contribution is 2.13. The molecule has 0 spiro atoms. The van der Waals surface area contributed by atoms with Gasteiger partial charge in [-0.1, -0.05) is 114 Å². The van der Waals surface area contributed by atoms with Crippen LogP contribution in [-0.2, 0) is 4.79 Å². The van der Waals surface area contributed by atoms with Gasteiger partial charge in [0.15, 0.2) is 0 Å². The van der Waals surface area contributed by atoms with E-state index in [0.717, 1.165) is 64.2 Å². The third-order valence-electron chi connectivity index (χ3n) is 7.47. The molecule has 0 aromatic rings. The van der Waals surface area contributed by atoms with Crippen LogP contribution in [0.2, 0.25) is 0 Å². The first kappa shape index (κ1) is 40.3. The number of hydrogen-bond donors (Lipinski definition) is 5. The van der Waals surface area contributed by atoms with Crippen molar-refractivity contribution >= 4 is 5.91 Å². The summed E-state index contributed by atoms with van der Waals surface area (Å²) < 4.78 is 0. The van der Waals surface area contributed by atoms with E-state index in [9.17, 15) is 25.2 Å². The average Bonchev–Trinajstić information content (AvgIpc) is 2.99. The molecule has 6 nitrogen and oxygen atoms in total. The fourth-order valence-corrected chi connectivity index (χ4v) is 4.69. The molecule has 0 radical (unpaired) electrons. The van der Waals surface area contributed by atoms with E-state index in [1.807, 2.05) is 0 Å². The van der Waals surface area contributed by atoms with E-state index in [1.54, 1.807) is 0 Å². The Labute approximate surface area is 258 Å². The molecule has 0 saturated heterocycles. The van der Waals surface area contributed by atoms with Gasteiger partial charge in [-0.05, 0) is 77.0 Å². The quantitative estimate of drug-likeness (QED) is 0.0454. The number of rotatable bonds is 29. The van der Waals surface area contributed by atoms with Crippen LogP contribution < -0.4 is 5.32 Å². The molecule has 0 heterocycles. The lowest BCUT2D eigenvalue weighted by molar-refractivity contribution is -0.132. The second-order valence-corrected chi connectivity index (χ2v) is 11.5. The fraction of sp³-hybridized carbons (Fsp3) is 0.750. The highest BCUT2D eigenvalue weighted by atomic mass is 16.3. The molecule has 0 aromatic carbocycles. The van der Waals surface area contributed by atoms with Gasteiger partial charge >= 0.3 is 0 Å². The summed E-state index contributed by atoms with van der Waals surface area (Å²) in [5, 5.41) is 43.2. The number of unbranched alkanes of at least 4 members (excludes halogenated alkanes) is 12. The van der Waals surface area contributed by atoms with Gasteiger partial charge in [-0.2, -0.15) is 0 Å². The molecule has 0 rings (SSSR count). The zero-order chi connectivity index (χ0) is 31.1. The van der Waals surface area contributed by atoms with Gasteiger partial charge in [0.1, 0.15) is 12.2 Å². The molecule has 0 aliphatic heterocycles. The third kappa shape index (κ3) is 24.8. The molecular formula is C36H65NO5. The van der Waals surface area contributed by atoms with Crippen molar-refractivity contribution in [1.82, 2.24) is 5.32 Å². The average molecular weight is 592 g/mol. The molecular weight excluding hydrogens is 526 g/mol. The minimum atomic E-state index is -1.29. The van der Waals surface area contributed by atoms with Crippen LogP contribution in [0.25, 0.3) is 0 Å². The van der Waals surface area contributed by atoms with E-state index < -0.39 is 36.9 Å². The first-order valence-electron chi connectivity index (χ1n) is 17.0. The normalized spacial score (nSPS) is 15.3.